The molecule has 0 aliphatic rings. The van der Waals surface area contributed by atoms with Crippen molar-refractivity contribution in [2.24, 2.45) is 5.10 Å². The van der Waals surface area contributed by atoms with E-state index in [1.807, 2.05) is 0 Å². The van der Waals surface area contributed by atoms with Crippen molar-refractivity contribution >= 4 is 29.6 Å². The van der Waals surface area contributed by atoms with Crippen molar-refractivity contribution in [1.82, 2.24) is 10.7 Å². The van der Waals surface area contributed by atoms with Crippen LogP contribution in [0.3, 0.4) is 0 Å². The van der Waals surface area contributed by atoms with Gasteiger partial charge >= 0.3 is 11.8 Å². The number of amides is 3. The molecule has 3 amide bonds. The third-order valence-electron chi connectivity index (χ3n) is 3.19. The quantitative estimate of drug-likeness (QED) is 0.400. The van der Waals surface area contributed by atoms with E-state index >= 15 is 0 Å². The summed E-state index contributed by atoms with van der Waals surface area (Å²) in [5.41, 5.74) is 3.19. The van der Waals surface area contributed by atoms with Crippen LogP contribution in [0.5, 0.6) is 5.75 Å². The summed E-state index contributed by atoms with van der Waals surface area (Å²) in [5.74, 6) is -1.99. The standard InChI is InChI=1S/C18H17FN4O4/c1-20-17(25)18(26)23-21-10-12-2-8-15(9-3-12)27-11-16(24)22-14-6-4-13(19)5-7-14/h2-10H,11H2,1H3,(H,20,25)(H,22,24)(H,23,26)/b21-10-. The van der Waals surface area contributed by atoms with Crippen molar-refractivity contribution in [2.45, 2.75) is 0 Å². The highest BCUT2D eigenvalue weighted by Crippen LogP contribution is 2.12. The summed E-state index contributed by atoms with van der Waals surface area (Å²) in [6.07, 6.45) is 1.35. The van der Waals surface area contributed by atoms with Crippen molar-refractivity contribution in [2.75, 3.05) is 19.0 Å². The summed E-state index contributed by atoms with van der Waals surface area (Å²) in [6.45, 7) is -0.215. The van der Waals surface area contributed by atoms with Gasteiger partial charge in [0.05, 0.1) is 6.21 Å². The maximum absolute atomic E-state index is 12.8. The molecule has 2 aromatic rings. The molecule has 0 bridgehead atoms. The van der Waals surface area contributed by atoms with Gasteiger partial charge in [-0.25, -0.2) is 9.82 Å². The zero-order valence-electron chi connectivity index (χ0n) is 14.4. The molecule has 0 spiro atoms. The molecule has 0 saturated carbocycles. The van der Waals surface area contributed by atoms with E-state index in [0.717, 1.165) is 0 Å². The van der Waals surface area contributed by atoms with Gasteiger partial charge in [-0.2, -0.15) is 5.10 Å². The molecular formula is C18H17FN4O4. The molecule has 0 fully saturated rings. The first kappa shape index (κ1) is 19.6. The van der Waals surface area contributed by atoms with Gasteiger partial charge in [0.15, 0.2) is 6.61 Å². The van der Waals surface area contributed by atoms with Crippen molar-refractivity contribution in [3.8, 4) is 5.75 Å². The van der Waals surface area contributed by atoms with Crippen LogP contribution in [0.15, 0.2) is 53.6 Å². The van der Waals surface area contributed by atoms with Crippen LogP contribution in [0, 0.1) is 5.82 Å². The molecule has 0 unspecified atom stereocenters. The topological polar surface area (TPSA) is 109 Å². The van der Waals surface area contributed by atoms with E-state index in [-0.39, 0.29) is 18.3 Å². The maximum Gasteiger partial charge on any atom is 0.329 e. The summed E-state index contributed by atoms with van der Waals surface area (Å²) in [6, 6.07) is 11.9. The second-order valence-electron chi connectivity index (χ2n) is 5.19. The van der Waals surface area contributed by atoms with Crippen LogP contribution in [-0.2, 0) is 14.4 Å². The van der Waals surface area contributed by atoms with Crippen molar-refractivity contribution in [3.05, 3.63) is 59.9 Å². The summed E-state index contributed by atoms with van der Waals surface area (Å²) >= 11 is 0. The number of carbonyl (C=O) groups excluding carboxylic acids is 3. The number of nitrogens with one attached hydrogen (secondary N) is 3. The van der Waals surface area contributed by atoms with Gasteiger partial charge in [0.2, 0.25) is 0 Å². The molecule has 140 valence electrons. The van der Waals surface area contributed by atoms with E-state index < -0.39 is 11.8 Å². The van der Waals surface area contributed by atoms with E-state index in [1.165, 1.54) is 37.5 Å². The minimum Gasteiger partial charge on any atom is -0.484 e. The van der Waals surface area contributed by atoms with Crippen molar-refractivity contribution in [3.63, 3.8) is 0 Å². The third-order valence-corrected chi connectivity index (χ3v) is 3.19. The fourth-order valence-electron chi connectivity index (χ4n) is 1.86. The predicted molar refractivity (Wildman–Crippen MR) is 96.8 cm³/mol. The molecule has 0 aliphatic carbocycles. The Balaban J connectivity index is 1.79. The highest BCUT2D eigenvalue weighted by Gasteiger charge is 2.08. The van der Waals surface area contributed by atoms with E-state index in [0.29, 0.717) is 17.0 Å². The molecule has 0 aromatic heterocycles. The Morgan fingerprint density at radius 1 is 1.04 bits per heavy atom. The summed E-state index contributed by atoms with van der Waals surface area (Å²) < 4.78 is 18.2. The minimum atomic E-state index is -0.874. The smallest absolute Gasteiger partial charge is 0.329 e. The summed E-state index contributed by atoms with van der Waals surface area (Å²) in [7, 11) is 1.34. The van der Waals surface area contributed by atoms with Crippen molar-refractivity contribution in [1.29, 1.82) is 0 Å². The van der Waals surface area contributed by atoms with E-state index in [4.69, 9.17) is 4.74 Å². The fourth-order valence-corrected chi connectivity index (χ4v) is 1.86. The number of likely N-dealkylation sites (N-methyl/N-ethyl adjacent to an activating group) is 1. The Hall–Kier alpha value is -3.75. The van der Waals surface area contributed by atoms with Crippen LogP contribution in [0.1, 0.15) is 5.56 Å². The molecule has 3 N–H and O–H groups in total. The molecule has 2 rings (SSSR count). The molecule has 9 heteroatoms. The Morgan fingerprint density at radius 2 is 1.70 bits per heavy atom. The molecule has 0 aliphatic heterocycles. The van der Waals surface area contributed by atoms with Gasteiger partial charge in [-0.05, 0) is 54.1 Å². The van der Waals surface area contributed by atoms with Crippen LogP contribution in [0.25, 0.3) is 0 Å². The number of rotatable bonds is 6. The van der Waals surface area contributed by atoms with Crippen LogP contribution in [0.2, 0.25) is 0 Å². The predicted octanol–water partition coefficient (Wildman–Crippen LogP) is 1.04. The first-order valence-electron chi connectivity index (χ1n) is 7.81. The van der Waals surface area contributed by atoms with Gasteiger partial charge in [0.1, 0.15) is 11.6 Å². The second kappa shape index (κ2) is 9.66. The monoisotopic (exact) mass is 372 g/mol. The lowest BCUT2D eigenvalue weighted by Crippen LogP contribution is -2.35. The van der Waals surface area contributed by atoms with Gasteiger partial charge in [-0.15, -0.1) is 0 Å². The van der Waals surface area contributed by atoms with E-state index in [2.05, 4.69) is 21.2 Å². The summed E-state index contributed by atoms with van der Waals surface area (Å²) in [5, 5.41) is 8.40. The zero-order valence-corrected chi connectivity index (χ0v) is 14.4. The van der Waals surface area contributed by atoms with Crippen LogP contribution < -0.4 is 20.8 Å². The van der Waals surface area contributed by atoms with Gasteiger partial charge in [-0.1, -0.05) is 0 Å². The second-order valence-corrected chi connectivity index (χ2v) is 5.19. The van der Waals surface area contributed by atoms with E-state index in [1.54, 1.807) is 24.3 Å². The molecule has 0 atom stereocenters. The number of anilines is 1. The zero-order chi connectivity index (χ0) is 19.6. The van der Waals surface area contributed by atoms with Gasteiger partial charge in [0.25, 0.3) is 5.91 Å². The Labute approximate surface area is 154 Å². The lowest BCUT2D eigenvalue weighted by atomic mass is 10.2. The van der Waals surface area contributed by atoms with Crippen LogP contribution in [0.4, 0.5) is 10.1 Å². The molecule has 2 aromatic carbocycles. The SMILES string of the molecule is CNC(=O)C(=O)N/N=C\c1ccc(OCC(=O)Nc2ccc(F)cc2)cc1. The largest absolute Gasteiger partial charge is 0.484 e. The normalized spacial score (nSPS) is 10.3. The Kier molecular flexibility index (Phi) is 7.00. The van der Waals surface area contributed by atoms with Crippen LogP contribution in [-0.4, -0.2) is 37.6 Å². The third kappa shape index (κ3) is 6.58. The number of carbonyl (C=O) groups is 3. The Morgan fingerprint density at radius 3 is 2.33 bits per heavy atom. The average molecular weight is 372 g/mol. The average Bonchev–Trinajstić information content (AvgIpc) is 2.68. The van der Waals surface area contributed by atoms with Gasteiger partial charge in [0, 0.05) is 12.7 Å². The highest BCUT2D eigenvalue weighted by molar-refractivity contribution is 6.34. The molecule has 8 nitrogen and oxygen atoms in total. The molecular weight excluding hydrogens is 355 g/mol. The molecule has 0 heterocycles. The lowest BCUT2D eigenvalue weighted by molar-refractivity contribution is -0.138. The number of halogens is 1. The number of hydrogen-bond donors (Lipinski definition) is 3. The fraction of sp³-hybridized carbons (Fsp3) is 0.111. The number of hydrazone groups is 1. The minimum absolute atomic E-state index is 0.215. The van der Waals surface area contributed by atoms with Gasteiger partial charge in [-0.3, -0.25) is 14.4 Å². The molecule has 0 radical (unpaired) electrons. The van der Waals surface area contributed by atoms with Crippen LogP contribution >= 0.6 is 0 Å². The molecule has 27 heavy (non-hydrogen) atoms. The summed E-state index contributed by atoms with van der Waals surface area (Å²) in [4.78, 5) is 34.0. The maximum atomic E-state index is 12.8. The van der Waals surface area contributed by atoms with Gasteiger partial charge < -0.3 is 15.4 Å². The highest BCUT2D eigenvalue weighted by atomic mass is 19.1. The first-order chi connectivity index (χ1) is 13.0. The first-order valence-corrected chi connectivity index (χ1v) is 7.81. The number of nitrogens with zero attached hydrogens (tertiary/aromatic N) is 1. The van der Waals surface area contributed by atoms with E-state index in [9.17, 15) is 18.8 Å². The number of benzene rings is 2. The molecule has 0 saturated heterocycles. The van der Waals surface area contributed by atoms with Crippen molar-refractivity contribution < 1.29 is 23.5 Å². The number of hydrogen-bond acceptors (Lipinski definition) is 5. The lowest BCUT2D eigenvalue weighted by Gasteiger charge is -2.07. The number of ether oxygens (including phenoxy) is 1. The Bertz CT molecular complexity index is 835.